The normalized spacial score (nSPS) is 23.4. The fraction of sp³-hybridized carbons (Fsp3) is 0.333. The van der Waals surface area contributed by atoms with Gasteiger partial charge in [0.05, 0.1) is 22.1 Å². The number of aliphatic hydroxyl groups excluding tert-OH is 1. The zero-order valence-corrected chi connectivity index (χ0v) is 19.1. The number of benzene rings is 2. The number of aliphatic hydroxyl groups is 2. The highest BCUT2D eigenvalue weighted by atomic mass is 35.5. The molecule has 2 aromatic rings. The van der Waals surface area contributed by atoms with Crippen LogP contribution in [0.3, 0.4) is 0 Å². The van der Waals surface area contributed by atoms with E-state index in [1.54, 1.807) is 0 Å². The number of alkyl halides is 3. The molecule has 1 unspecified atom stereocenters. The van der Waals surface area contributed by atoms with Crippen molar-refractivity contribution >= 4 is 44.3 Å². The lowest BCUT2D eigenvalue weighted by atomic mass is 10.0. The molecule has 0 aliphatic carbocycles. The van der Waals surface area contributed by atoms with Crippen LogP contribution < -0.4 is 0 Å². The first-order valence-corrected chi connectivity index (χ1v) is 12.1. The Bertz CT molecular complexity index is 1130. The van der Waals surface area contributed by atoms with Crippen LogP contribution in [0.2, 0.25) is 10.0 Å². The second-order valence-corrected chi connectivity index (χ2v) is 10.9. The monoisotopic (exact) mass is 533 g/mol. The fourth-order valence-corrected chi connectivity index (χ4v) is 6.08. The zero-order chi connectivity index (χ0) is 23.9. The molecule has 0 aromatic heterocycles. The molecule has 3 atom stereocenters. The van der Waals surface area contributed by atoms with Gasteiger partial charge < -0.3 is 10.2 Å². The third-order valence-electron chi connectivity index (χ3n) is 4.78. The van der Waals surface area contributed by atoms with E-state index in [1.165, 1.54) is 24.3 Å². The quantitative estimate of drug-likeness (QED) is 0.591. The number of hydrogen-bond donors (Lipinski definition) is 2. The third kappa shape index (κ3) is 5.12. The van der Waals surface area contributed by atoms with E-state index in [0.717, 1.165) is 0 Å². The molecule has 1 saturated heterocycles. The molecular formula is C18H16Cl2F3NO6S2. The van der Waals surface area contributed by atoms with Crippen LogP contribution in [-0.2, 0) is 31.5 Å². The molecule has 1 aliphatic rings. The summed E-state index contributed by atoms with van der Waals surface area (Å²) in [5, 5.41) is 20.0. The van der Waals surface area contributed by atoms with Gasteiger partial charge in [0.1, 0.15) is 16.6 Å². The Hall–Kier alpha value is -1.25. The smallest absolute Gasteiger partial charge is 0.393 e. The van der Waals surface area contributed by atoms with Crippen LogP contribution in [0.1, 0.15) is 5.56 Å². The molecule has 14 heteroatoms. The molecule has 2 aromatic carbocycles. The van der Waals surface area contributed by atoms with Crippen molar-refractivity contribution in [2.75, 3.05) is 19.7 Å². The van der Waals surface area contributed by atoms with Crippen LogP contribution in [0.4, 0.5) is 13.2 Å². The van der Waals surface area contributed by atoms with Crippen LogP contribution in [-0.4, -0.2) is 58.5 Å². The van der Waals surface area contributed by atoms with Crippen molar-refractivity contribution in [1.29, 1.82) is 0 Å². The lowest BCUT2D eigenvalue weighted by Gasteiger charge is -2.25. The van der Waals surface area contributed by atoms with E-state index in [9.17, 15) is 36.0 Å². The molecule has 1 heterocycles. The van der Waals surface area contributed by atoms with Gasteiger partial charge in [-0.1, -0.05) is 23.2 Å². The molecular weight excluding hydrogens is 518 g/mol. The van der Waals surface area contributed by atoms with E-state index in [4.69, 9.17) is 27.4 Å². The van der Waals surface area contributed by atoms with Crippen molar-refractivity contribution in [2.45, 2.75) is 27.7 Å². The maximum atomic E-state index is 13.0. The standard InChI is InChI=1S/C18H16Cl2F3NO6S2/c19-12-2-4-13(5-3-12)31(27)30-16-8-24(9-17(16,26)10-25)32(28,29)15-6-1-11(7-14(15)20)18(21,22)23/h1-7,16,25-26H,8-10H2/t16-,17+,31?/m0/s1. The number of nitrogens with zero attached hydrogens (tertiary/aromatic N) is 1. The molecule has 2 N–H and O–H groups in total. The van der Waals surface area contributed by atoms with Crippen LogP contribution in [0.15, 0.2) is 52.3 Å². The maximum absolute atomic E-state index is 13.0. The van der Waals surface area contributed by atoms with Crippen molar-refractivity contribution < 1.29 is 40.2 Å². The Balaban J connectivity index is 1.86. The number of rotatable bonds is 6. The van der Waals surface area contributed by atoms with Gasteiger partial charge in [-0.25, -0.2) is 12.6 Å². The highest BCUT2D eigenvalue weighted by Gasteiger charge is 2.51. The largest absolute Gasteiger partial charge is 0.416 e. The van der Waals surface area contributed by atoms with Crippen LogP contribution in [0.25, 0.3) is 0 Å². The summed E-state index contributed by atoms with van der Waals surface area (Å²) >= 11 is 9.44. The van der Waals surface area contributed by atoms with Gasteiger partial charge in [0.15, 0.2) is 11.1 Å². The van der Waals surface area contributed by atoms with Gasteiger partial charge >= 0.3 is 6.18 Å². The summed E-state index contributed by atoms with van der Waals surface area (Å²) in [4.78, 5) is -0.436. The van der Waals surface area contributed by atoms with E-state index in [-0.39, 0.29) is 4.90 Å². The molecule has 0 radical (unpaired) electrons. The van der Waals surface area contributed by atoms with E-state index >= 15 is 0 Å². The van der Waals surface area contributed by atoms with Crippen molar-refractivity contribution in [2.24, 2.45) is 0 Å². The van der Waals surface area contributed by atoms with Crippen molar-refractivity contribution in [3.8, 4) is 0 Å². The predicted octanol–water partition coefficient (Wildman–Crippen LogP) is 2.85. The van der Waals surface area contributed by atoms with E-state index in [1.807, 2.05) is 0 Å². The lowest BCUT2D eigenvalue weighted by molar-refractivity contribution is -0.137. The minimum Gasteiger partial charge on any atom is -0.393 e. The summed E-state index contributed by atoms with van der Waals surface area (Å²) in [6.45, 7) is -2.12. The average molecular weight is 534 g/mol. The van der Waals surface area contributed by atoms with Crippen LogP contribution >= 0.6 is 23.2 Å². The fourth-order valence-electron chi connectivity index (χ4n) is 3.01. The average Bonchev–Trinajstić information content (AvgIpc) is 3.05. The minimum absolute atomic E-state index is 0.182. The van der Waals surface area contributed by atoms with Crippen LogP contribution in [0.5, 0.6) is 0 Å². The molecule has 3 rings (SSSR count). The summed E-state index contributed by atoms with van der Waals surface area (Å²) in [6.07, 6.45) is -6.13. The highest BCUT2D eigenvalue weighted by molar-refractivity contribution is 7.89. The van der Waals surface area contributed by atoms with Gasteiger partial charge in [-0.05, 0) is 42.5 Å². The minimum atomic E-state index is -4.72. The molecule has 0 amide bonds. The molecule has 176 valence electrons. The summed E-state index contributed by atoms with van der Waals surface area (Å²) in [5.41, 5.74) is -3.25. The van der Waals surface area contributed by atoms with E-state index in [0.29, 0.717) is 27.5 Å². The SMILES string of the molecule is O=S(O[C@H]1CN(S(=O)(=O)c2ccc(C(F)(F)F)cc2Cl)C[C@@]1(O)CO)c1ccc(Cl)cc1. The Morgan fingerprint density at radius 1 is 1.19 bits per heavy atom. The van der Waals surface area contributed by atoms with Crippen molar-refractivity contribution in [1.82, 2.24) is 4.31 Å². The number of halogens is 5. The van der Waals surface area contributed by atoms with Gasteiger partial charge in [-0.2, -0.15) is 17.5 Å². The third-order valence-corrected chi connectivity index (χ3v) is 8.39. The molecule has 1 aliphatic heterocycles. The lowest BCUT2D eigenvalue weighted by Crippen LogP contribution is -2.47. The van der Waals surface area contributed by atoms with Gasteiger partial charge in [-0.3, -0.25) is 4.18 Å². The topological polar surface area (TPSA) is 104 Å². The van der Waals surface area contributed by atoms with Gasteiger partial charge in [-0.15, -0.1) is 0 Å². The van der Waals surface area contributed by atoms with Gasteiger partial charge in [0.2, 0.25) is 10.0 Å². The highest BCUT2D eigenvalue weighted by Crippen LogP contribution is 2.36. The first kappa shape index (κ1) is 25.4. The van der Waals surface area contributed by atoms with Crippen molar-refractivity contribution in [3.63, 3.8) is 0 Å². The first-order valence-electron chi connectivity index (χ1n) is 8.82. The van der Waals surface area contributed by atoms with E-state index < -0.39 is 74.2 Å². The molecule has 0 saturated carbocycles. The first-order chi connectivity index (χ1) is 14.8. The summed E-state index contributed by atoms with van der Waals surface area (Å²) in [7, 11) is -4.49. The Kier molecular flexibility index (Phi) is 7.28. The number of hydrogen-bond acceptors (Lipinski definition) is 6. The molecule has 32 heavy (non-hydrogen) atoms. The summed E-state index contributed by atoms with van der Waals surface area (Å²) in [6, 6.07) is 7.47. The van der Waals surface area contributed by atoms with E-state index in [2.05, 4.69) is 0 Å². The molecule has 0 bridgehead atoms. The molecule has 1 fully saturated rings. The summed E-state index contributed by atoms with van der Waals surface area (Å²) in [5.74, 6) is 0. The summed E-state index contributed by atoms with van der Waals surface area (Å²) < 4.78 is 83.0. The Morgan fingerprint density at radius 2 is 1.81 bits per heavy atom. The zero-order valence-electron chi connectivity index (χ0n) is 15.9. The predicted molar refractivity (Wildman–Crippen MR) is 110 cm³/mol. The number of β-amino-alcohol motifs (C(OH)–C–C–N with tert-alkyl or cyclic N) is 1. The Morgan fingerprint density at radius 3 is 2.34 bits per heavy atom. The van der Waals surface area contributed by atoms with Gasteiger partial charge in [0.25, 0.3) is 0 Å². The van der Waals surface area contributed by atoms with Crippen molar-refractivity contribution in [3.05, 3.63) is 58.1 Å². The number of sulfonamides is 1. The molecule has 0 spiro atoms. The Labute approximate surface area is 194 Å². The van der Waals surface area contributed by atoms with Crippen LogP contribution in [0, 0.1) is 0 Å². The van der Waals surface area contributed by atoms with Gasteiger partial charge in [0, 0.05) is 18.1 Å². The second kappa shape index (κ2) is 9.18. The maximum Gasteiger partial charge on any atom is 0.416 e. The second-order valence-electron chi connectivity index (χ2n) is 6.98. The molecule has 7 nitrogen and oxygen atoms in total.